The number of nitrogens with one attached hydrogen (secondary N) is 1. The van der Waals surface area contributed by atoms with Crippen LogP contribution in [0.2, 0.25) is 0 Å². The van der Waals surface area contributed by atoms with Crippen molar-refractivity contribution in [3.8, 4) is 5.75 Å². The topological polar surface area (TPSA) is 88.1 Å². The highest BCUT2D eigenvalue weighted by Gasteiger charge is 2.24. The molecule has 132 valence electrons. The van der Waals surface area contributed by atoms with E-state index in [4.69, 9.17) is 4.74 Å². The number of amides is 2. The summed E-state index contributed by atoms with van der Waals surface area (Å²) in [6.45, 7) is 0.688. The molecule has 0 aromatic heterocycles. The van der Waals surface area contributed by atoms with Gasteiger partial charge in [-0.3, -0.25) is 0 Å². The molecule has 0 saturated carbocycles. The predicted molar refractivity (Wildman–Crippen MR) is 92.7 cm³/mol. The van der Waals surface area contributed by atoms with E-state index in [1.54, 1.807) is 17.0 Å². The van der Waals surface area contributed by atoms with E-state index in [9.17, 15) is 14.7 Å². The van der Waals surface area contributed by atoms with Crippen molar-refractivity contribution in [2.24, 2.45) is 0 Å². The van der Waals surface area contributed by atoms with Gasteiger partial charge in [0.15, 0.2) is 6.61 Å². The normalized spacial score (nSPS) is 16.7. The maximum atomic E-state index is 12.4. The van der Waals surface area contributed by atoms with Crippen molar-refractivity contribution in [3.05, 3.63) is 36.4 Å². The molecule has 0 unspecified atom stereocenters. The van der Waals surface area contributed by atoms with Crippen LogP contribution >= 0.6 is 0 Å². The lowest BCUT2D eigenvalue weighted by Crippen LogP contribution is -2.33. The fourth-order valence-corrected chi connectivity index (χ4v) is 2.82. The van der Waals surface area contributed by atoms with Crippen molar-refractivity contribution in [3.63, 3.8) is 0 Å². The van der Waals surface area contributed by atoms with Crippen LogP contribution in [0.5, 0.6) is 5.75 Å². The summed E-state index contributed by atoms with van der Waals surface area (Å²) in [7, 11) is 1.30. The highest BCUT2D eigenvalue weighted by Crippen LogP contribution is 2.32. The van der Waals surface area contributed by atoms with Gasteiger partial charge in [-0.05, 0) is 18.6 Å². The Bertz CT molecular complexity index is 792. The quantitative estimate of drug-likeness (QED) is 0.828. The first-order chi connectivity index (χ1) is 12.1. The molecule has 1 fully saturated rings. The van der Waals surface area contributed by atoms with Gasteiger partial charge in [-0.15, -0.1) is 0 Å². The van der Waals surface area contributed by atoms with E-state index in [0.29, 0.717) is 30.9 Å². The Kier molecular flexibility index (Phi) is 5.04. The molecule has 1 aliphatic rings. The number of ether oxygens (including phenoxy) is 2. The number of nitrogens with zero attached hydrogens (tertiary/aromatic N) is 1. The molecule has 0 spiro atoms. The number of hydrogen-bond donors (Lipinski definition) is 2. The van der Waals surface area contributed by atoms with Crippen LogP contribution in [0.3, 0.4) is 0 Å². The molecule has 1 atom stereocenters. The van der Waals surface area contributed by atoms with E-state index in [1.807, 2.05) is 24.3 Å². The van der Waals surface area contributed by atoms with Crippen molar-refractivity contribution >= 4 is 28.5 Å². The number of urea groups is 1. The summed E-state index contributed by atoms with van der Waals surface area (Å²) in [6, 6.07) is 10.6. The minimum Gasteiger partial charge on any atom is -0.481 e. The molecule has 2 amide bonds. The number of rotatable bonds is 4. The SMILES string of the molecule is COC(=O)COc1ccc(NC(=O)N2CC[C@H](O)C2)c2ccccc12. The van der Waals surface area contributed by atoms with Crippen LogP contribution < -0.4 is 10.1 Å². The molecule has 3 rings (SSSR count). The maximum Gasteiger partial charge on any atom is 0.343 e. The minimum absolute atomic E-state index is 0.183. The average Bonchev–Trinajstić information content (AvgIpc) is 3.07. The lowest BCUT2D eigenvalue weighted by atomic mass is 10.1. The summed E-state index contributed by atoms with van der Waals surface area (Å²) >= 11 is 0. The van der Waals surface area contributed by atoms with E-state index in [-0.39, 0.29) is 12.6 Å². The van der Waals surface area contributed by atoms with E-state index >= 15 is 0 Å². The molecule has 1 aliphatic heterocycles. The summed E-state index contributed by atoms with van der Waals surface area (Å²) in [5.74, 6) is 0.0737. The van der Waals surface area contributed by atoms with Crippen LogP contribution in [0.25, 0.3) is 10.8 Å². The lowest BCUT2D eigenvalue weighted by molar-refractivity contribution is -0.142. The lowest BCUT2D eigenvalue weighted by Gasteiger charge is -2.18. The fraction of sp³-hybridized carbons (Fsp3) is 0.333. The van der Waals surface area contributed by atoms with E-state index in [2.05, 4.69) is 10.1 Å². The number of methoxy groups -OCH3 is 1. The molecule has 0 bridgehead atoms. The summed E-state index contributed by atoms with van der Waals surface area (Å²) in [5.41, 5.74) is 0.646. The Hall–Kier alpha value is -2.80. The van der Waals surface area contributed by atoms with Gasteiger partial charge in [0, 0.05) is 23.9 Å². The highest BCUT2D eigenvalue weighted by molar-refractivity contribution is 6.04. The zero-order valence-electron chi connectivity index (χ0n) is 13.9. The summed E-state index contributed by atoms with van der Waals surface area (Å²) in [6.07, 6.45) is 0.130. The molecule has 7 nitrogen and oxygen atoms in total. The van der Waals surface area contributed by atoms with E-state index in [1.165, 1.54) is 7.11 Å². The van der Waals surface area contributed by atoms with Crippen molar-refractivity contribution in [1.29, 1.82) is 0 Å². The number of β-amino-alcohol motifs (C(OH)–C–C–N with tert-alkyl or cyclic N) is 1. The summed E-state index contributed by atoms with van der Waals surface area (Å²) in [5, 5.41) is 14.0. The van der Waals surface area contributed by atoms with Gasteiger partial charge < -0.3 is 24.8 Å². The third kappa shape index (κ3) is 3.83. The third-order valence-corrected chi connectivity index (χ3v) is 4.15. The number of benzene rings is 2. The Morgan fingerprint density at radius 2 is 2.00 bits per heavy atom. The summed E-state index contributed by atoms with van der Waals surface area (Å²) in [4.78, 5) is 25.2. The Balaban J connectivity index is 1.82. The molecule has 2 N–H and O–H groups in total. The Morgan fingerprint density at radius 3 is 2.68 bits per heavy atom. The smallest absolute Gasteiger partial charge is 0.343 e. The number of aliphatic hydroxyl groups is 1. The van der Waals surface area contributed by atoms with E-state index in [0.717, 1.165) is 10.8 Å². The van der Waals surface area contributed by atoms with Crippen LogP contribution in [-0.2, 0) is 9.53 Å². The maximum absolute atomic E-state index is 12.4. The first-order valence-electron chi connectivity index (χ1n) is 8.04. The molecular weight excluding hydrogens is 324 g/mol. The molecule has 1 heterocycles. The standard InChI is InChI=1S/C18H20N2O5/c1-24-17(22)11-25-16-7-6-15(13-4-2-3-5-14(13)16)19-18(23)20-9-8-12(21)10-20/h2-7,12,21H,8-11H2,1H3,(H,19,23)/t12-/m0/s1. The third-order valence-electron chi connectivity index (χ3n) is 4.15. The van der Waals surface area contributed by atoms with Crippen LogP contribution in [0, 0.1) is 0 Å². The average molecular weight is 344 g/mol. The molecule has 0 aliphatic carbocycles. The molecule has 7 heteroatoms. The minimum atomic E-state index is -0.464. The van der Waals surface area contributed by atoms with Gasteiger partial charge in [0.05, 0.1) is 18.9 Å². The number of esters is 1. The number of carbonyl (C=O) groups is 2. The largest absolute Gasteiger partial charge is 0.481 e. The second-order valence-corrected chi connectivity index (χ2v) is 5.84. The van der Waals surface area contributed by atoms with Gasteiger partial charge in [-0.25, -0.2) is 9.59 Å². The van der Waals surface area contributed by atoms with Gasteiger partial charge in [0.25, 0.3) is 0 Å². The highest BCUT2D eigenvalue weighted by atomic mass is 16.6. The predicted octanol–water partition coefficient (Wildman–Crippen LogP) is 1.99. The van der Waals surface area contributed by atoms with E-state index < -0.39 is 12.1 Å². The molecule has 2 aromatic rings. The van der Waals surface area contributed by atoms with Crippen LogP contribution in [0.4, 0.5) is 10.5 Å². The molecule has 25 heavy (non-hydrogen) atoms. The monoisotopic (exact) mass is 344 g/mol. The number of aliphatic hydroxyl groups excluding tert-OH is 1. The Labute approximate surface area is 145 Å². The van der Waals surface area contributed by atoms with Gasteiger partial charge in [-0.2, -0.15) is 0 Å². The second-order valence-electron chi connectivity index (χ2n) is 5.84. The molecular formula is C18H20N2O5. The van der Waals surface area contributed by atoms with Crippen molar-refractivity contribution < 1.29 is 24.2 Å². The van der Waals surface area contributed by atoms with Crippen LogP contribution in [-0.4, -0.2) is 54.9 Å². The summed E-state index contributed by atoms with van der Waals surface area (Å²) < 4.78 is 10.1. The number of anilines is 1. The van der Waals surface area contributed by atoms with Gasteiger partial charge in [0.1, 0.15) is 5.75 Å². The number of carbonyl (C=O) groups excluding carboxylic acids is 2. The zero-order valence-corrected chi connectivity index (χ0v) is 13.9. The van der Waals surface area contributed by atoms with Crippen molar-refractivity contribution in [2.75, 3.05) is 32.1 Å². The molecule has 1 saturated heterocycles. The van der Waals surface area contributed by atoms with Crippen LogP contribution in [0.15, 0.2) is 36.4 Å². The Morgan fingerprint density at radius 1 is 1.24 bits per heavy atom. The van der Waals surface area contributed by atoms with Crippen LogP contribution in [0.1, 0.15) is 6.42 Å². The molecule has 2 aromatic carbocycles. The van der Waals surface area contributed by atoms with Crippen molar-refractivity contribution in [1.82, 2.24) is 4.90 Å². The number of likely N-dealkylation sites (tertiary alicyclic amines) is 1. The van der Waals surface area contributed by atoms with Crippen molar-refractivity contribution in [2.45, 2.75) is 12.5 Å². The zero-order chi connectivity index (χ0) is 17.8. The van der Waals surface area contributed by atoms with Gasteiger partial charge >= 0.3 is 12.0 Å². The number of hydrogen-bond acceptors (Lipinski definition) is 5. The second kappa shape index (κ2) is 7.40. The first kappa shape index (κ1) is 17.0. The van der Waals surface area contributed by atoms with Gasteiger partial charge in [-0.1, -0.05) is 24.3 Å². The van der Waals surface area contributed by atoms with Gasteiger partial charge in [0.2, 0.25) is 0 Å². The number of fused-ring (bicyclic) bond motifs is 1. The fourth-order valence-electron chi connectivity index (χ4n) is 2.82. The molecule has 0 radical (unpaired) electrons. The first-order valence-corrected chi connectivity index (χ1v) is 8.04.